The van der Waals surface area contributed by atoms with Gasteiger partial charge < -0.3 is 4.90 Å². The Morgan fingerprint density at radius 1 is 1.46 bits per heavy atom. The van der Waals surface area contributed by atoms with Crippen LogP contribution in [-0.2, 0) is 0 Å². The molecule has 4 heteroatoms. The maximum atomic E-state index is 4.09. The van der Waals surface area contributed by atoms with Gasteiger partial charge in [0.25, 0.3) is 0 Å². The Kier molecular flexibility index (Phi) is 3.66. The maximum Gasteiger partial charge on any atom is 0.151 e. The third kappa shape index (κ3) is 3.30. The molecule has 1 atom stereocenters. The van der Waals surface area contributed by atoms with E-state index >= 15 is 0 Å². The van der Waals surface area contributed by atoms with Crippen molar-refractivity contribution in [2.24, 2.45) is 0 Å². The molecule has 0 aromatic carbocycles. The highest BCUT2D eigenvalue weighted by Gasteiger charge is 2.05. The fourth-order valence-electron chi connectivity index (χ4n) is 1.07. The zero-order valence-corrected chi connectivity index (χ0v) is 9.74. The number of alkyl halides is 1. The van der Waals surface area contributed by atoms with Crippen LogP contribution in [0.5, 0.6) is 0 Å². The maximum absolute atomic E-state index is 4.09. The highest BCUT2D eigenvalue weighted by Crippen LogP contribution is 2.09. The summed E-state index contributed by atoms with van der Waals surface area (Å²) in [6, 6.07) is 3.95. The highest BCUT2D eigenvalue weighted by atomic mass is 79.9. The van der Waals surface area contributed by atoms with Gasteiger partial charge in [-0.25, -0.2) is 0 Å². The molecule has 1 aromatic rings. The summed E-state index contributed by atoms with van der Waals surface area (Å²) in [6.07, 6.45) is 0. The summed E-state index contributed by atoms with van der Waals surface area (Å²) in [4.78, 5) is 2.53. The fourth-order valence-corrected chi connectivity index (χ4v) is 1.50. The molecule has 0 saturated carbocycles. The van der Waals surface area contributed by atoms with Crippen LogP contribution in [0.25, 0.3) is 0 Å². The number of aromatic nitrogens is 2. The molecule has 1 aromatic heterocycles. The summed E-state index contributed by atoms with van der Waals surface area (Å²) in [6.45, 7) is 4.97. The number of hydrogen-bond acceptors (Lipinski definition) is 3. The van der Waals surface area contributed by atoms with E-state index in [0.29, 0.717) is 4.83 Å². The standard InChI is InChI=1S/C9H14BrN3/c1-7(10)6-13(3)9-5-4-8(2)11-12-9/h4-5,7H,6H2,1-3H3. The lowest BCUT2D eigenvalue weighted by molar-refractivity contribution is 0.834. The van der Waals surface area contributed by atoms with Gasteiger partial charge in [-0.1, -0.05) is 22.9 Å². The monoisotopic (exact) mass is 243 g/mol. The number of hydrogen-bond donors (Lipinski definition) is 0. The van der Waals surface area contributed by atoms with Gasteiger partial charge in [-0.05, 0) is 19.1 Å². The van der Waals surface area contributed by atoms with Crippen LogP contribution >= 0.6 is 15.9 Å². The lowest BCUT2D eigenvalue weighted by Gasteiger charge is -2.18. The second-order valence-corrected chi connectivity index (χ2v) is 4.76. The molecule has 0 spiro atoms. The Balaban J connectivity index is 2.66. The molecule has 0 aliphatic rings. The van der Waals surface area contributed by atoms with Crippen molar-refractivity contribution in [2.45, 2.75) is 18.7 Å². The molecular weight excluding hydrogens is 230 g/mol. The first-order valence-electron chi connectivity index (χ1n) is 4.25. The number of anilines is 1. The molecule has 0 radical (unpaired) electrons. The molecule has 13 heavy (non-hydrogen) atoms. The average molecular weight is 244 g/mol. The molecule has 1 rings (SSSR count). The van der Waals surface area contributed by atoms with Gasteiger partial charge in [0.15, 0.2) is 5.82 Å². The van der Waals surface area contributed by atoms with E-state index in [4.69, 9.17) is 0 Å². The molecule has 0 N–H and O–H groups in total. The Labute approximate surface area is 87.3 Å². The van der Waals surface area contributed by atoms with Crippen LogP contribution in [0.15, 0.2) is 12.1 Å². The van der Waals surface area contributed by atoms with E-state index < -0.39 is 0 Å². The van der Waals surface area contributed by atoms with E-state index in [9.17, 15) is 0 Å². The molecule has 0 aliphatic carbocycles. The minimum Gasteiger partial charge on any atom is -0.357 e. The van der Waals surface area contributed by atoms with Crippen molar-refractivity contribution in [1.82, 2.24) is 10.2 Å². The van der Waals surface area contributed by atoms with Crippen LogP contribution in [0, 0.1) is 6.92 Å². The summed E-state index contributed by atoms with van der Waals surface area (Å²) >= 11 is 3.50. The van der Waals surface area contributed by atoms with Crippen molar-refractivity contribution in [3.05, 3.63) is 17.8 Å². The molecule has 1 unspecified atom stereocenters. The molecule has 0 fully saturated rings. The lowest BCUT2D eigenvalue weighted by Crippen LogP contribution is -2.24. The van der Waals surface area contributed by atoms with Gasteiger partial charge in [-0.2, -0.15) is 5.10 Å². The van der Waals surface area contributed by atoms with Crippen LogP contribution in [-0.4, -0.2) is 28.6 Å². The van der Waals surface area contributed by atoms with Gasteiger partial charge in [0, 0.05) is 18.4 Å². The largest absolute Gasteiger partial charge is 0.357 e. The zero-order chi connectivity index (χ0) is 9.84. The third-order valence-electron chi connectivity index (χ3n) is 1.70. The molecule has 0 bridgehead atoms. The van der Waals surface area contributed by atoms with Gasteiger partial charge in [0.1, 0.15) is 0 Å². The van der Waals surface area contributed by atoms with Gasteiger partial charge >= 0.3 is 0 Å². The first-order valence-corrected chi connectivity index (χ1v) is 5.16. The van der Waals surface area contributed by atoms with Crippen LogP contribution in [0.3, 0.4) is 0 Å². The number of rotatable bonds is 3. The molecular formula is C9H14BrN3. The van der Waals surface area contributed by atoms with Crippen molar-refractivity contribution in [2.75, 3.05) is 18.5 Å². The molecule has 1 heterocycles. The van der Waals surface area contributed by atoms with Gasteiger partial charge in [-0.15, -0.1) is 5.10 Å². The van der Waals surface area contributed by atoms with E-state index in [2.05, 4.69) is 38.0 Å². The molecule has 0 saturated heterocycles. The van der Waals surface area contributed by atoms with E-state index in [1.165, 1.54) is 0 Å². The zero-order valence-electron chi connectivity index (χ0n) is 8.16. The van der Waals surface area contributed by atoms with Gasteiger partial charge in [0.05, 0.1) is 5.69 Å². The number of nitrogens with zero attached hydrogens (tertiary/aromatic N) is 3. The first-order chi connectivity index (χ1) is 6.09. The summed E-state index contributed by atoms with van der Waals surface area (Å²) < 4.78 is 0. The summed E-state index contributed by atoms with van der Waals surface area (Å²) in [5.41, 5.74) is 0.948. The van der Waals surface area contributed by atoms with E-state index in [-0.39, 0.29) is 0 Å². The van der Waals surface area contributed by atoms with E-state index in [1.807, 2.05) is 26.1 Å². The minimum atomic E-state index is 0.459. The van der Waals surface area contributed by atoms with E-state index in [1.54, 1.807) is 0 Å². The summed E-state index contributed by atoms with van der Waals surface area (Å²) in [7, 11) is 2.01. The topological polar surface area (TPSA) is 29.0 Å². The normalized spacial score (nSPS) is 12.6. The highest BCUT2D eigenvalue weighted by molar-refractivity contribution is 9.09. The molecule has 72 valence electrons. The average Bonchev–Trinajstić information content (AvgIpc) is 2.04. The molecule has 0 amide bonds. The van der Waals surface area contributed by atoms with Crippen LogP contribution in [0.1, 0.15) is 12.6 Å². The number of halogens is 1. The van der Waals surface area contributed by atoms with Gasteiger partial charge in [0.2, 0.25) is 0 Å². The Morgan fingerprint density at radius 3 is 2.62 bits per heavy atom. The van der Waals surface area contributed by atoms with Crippen molar-refractivity contribution in [3.8, 4) is 0 Å². The van der Waals surface area contributed by atoms with Crippen molar-refractivity contribution >= 4 is 21.7 Å². The number of aryl methyl sites for hydroxylation is 1. The molecule has 0 aliphatic heterocycles. The lowest BCUT2D eigenvalue weighted by atomic mass is 10.4. The van der Waals surface area contributed by atoms with Crippen LogP contribution < -0.4 is 4.90 Å². The van der Waals surface area contributed by atoms with Crippen molar-refractivity contribution < 1.29 is 0 Å². The smallest absolute Gasteiger partial charge is 0.151 e. The SMILES string of the molecule is Cc1ccc(N(C)CC(C)Br)nn1. The van der Waals surface area contributed by atoms with Crippen molar-refractivity contribution in [3.63, 3.8) is 0 Å². The van der Waals surface area contributed by atoms with Crippen LogP contribution in [0.4, 0.5) is 5.82 Å². The van der Waals surface area contributed by atoms with Crippen molar-refractivity contribution in [1.29, 1.82) is 0 Å². The predicted octanol–water partition coefficient (Wildman–Crippen LogP) is 2.00. The second-order valence-electron chi connectivity index (χ2n) is 3.19. The minimum absolute atomic E-state index is 0.459. The Morgan fingerprint density at radius 2 is 2.15 bits per heavy atom. The third-order valence-corrected chi connectivity index (χ3v) is 1.99. The van der Waals surface area contributed by atoms with E-state index in [0.717, 1.165) is 18.1 Å². The second kappa shape index (κ2) is 4.56. The fraction of sp³-hybridized carbons (Fsp3) is 0.556. The quantitative estimate of drug-likeness (QED) is 0.761. The van der Waals surface area contributed by atoms with Gasteiger partial charge in [-0.3, -0.25) is 0 Å². The Hall–Kier alpha value is -0.640. The summed E-state index contributed by atoms with van der Waals surface area (Å²) in [5.74, 6) is 0.914. The molecule has 3 nitrogen and oxygen atoms in total. The first kappa shape index (κ1) is 10.4. The summed E-state index contributed by atoms with van der Waals surface area (Å²) in [5, 5.41) is 8.09. The van der Waals surface area contributed by atoms with Crippen LogP contribution in [0.2, 0.25) is 0 Å². The predicted molar refractivity (Wildman–Crippen MR) is 58.4 cm³/mol. The Bertz CT molecular complexity index is 258.